The predicted octanol–water partition coefficient (Wildman–Crippen LogP) is 4.86. The van der Waals surface area contributed by atoms with Crippen LogP contribution in [-0.2, 0) is 22.8 Å². The Balaban J connectivity index is 0.881. The van der Waals surface area contributed by atoms with Crippen molar-refractivity contribution in [2.24, 2.45) is 13.0 Å². The van der Waals surface area contributed by atoms with E-state index in [0.717, 1.165) is 49.8 Å². The maximum Gasteiger partial charge on any atom is 0.434 e. The molecule has 3 amide bonds. The summed E-state index contributed by atoms with van der Waals surface area (Å²) in [7, 11) is 5.04. The zero-order valence-corrected chi connectivity index (χ0v) is 32.7. The van der Waals surface area contributed by atoms with Crippen molar-refractivity contribution in [3.8, 4) is 5.75 Å². The lowest BCUT2D eigenvalue weighted by molar-refractivity contribution is -0.141. The Hall–Kier alpha value is -5.85. The molecule has 1 unspecified atom stereocenters. The zero-order chi connectivity index (χ0) is 41.7. The number of aromatic nitrogens is 6. The molecule has 2 aliphatic heterocycles. The average molecular weight is 821 g/mol. The molecule has 1 aliphatic carbocycles. The highest BCUT2D eigenvalue weighted by Gasteiger charge is 2.37. The van der Waals surface area contributed by atoms with Crippen LogP contribution in [0.4, 0.5) is 28.9 Å². The summed E-state index contributed by atoms with van der Waals surface area (Å²) >= 11 is 0. The zero-order valence-electron chi connectivity index (χ0n) is 32.7. The van der Waals surface area contributed by atoms with Gasteiger partial charge in [0.25, 0.3) is 5.91 Å². The first-order valence-corrected chi connectivity index (χ1v) is 19.6. The third-order valence-electron chi connectivity index (χ3n) is 12.0. The second-order valence-corrected chi connectivity index (χ2v) is 15.7. The van der Waals surface area contributed by atoms with Crippen LogP contribution in [0, 0.1) is 5.92 Å². The number of hydrogen-bond acceptors (Lipinski definition) is 10. The summed E-state index contributed by atoms with van der Waals surface area (Å²) in [4.78, 5) is 61.8. The second-order valence-electron chi connectivity index (χ2n) is 15.7. The van der Waals surface area contributed by atoms with Gasteiger partial charge in [0.2, 0.25) is 11.8 Å². The number of anilines is 2. The number of nitrogens with one attached hydrogen (secondary N) is 2. The standard InChI is InChI=1S/C40H44F4N10O5/c1-50(29-13-14-52(20-25(29)41)30-5-4-6-31-36(30)51(2)39(58)54(31)32-11-12-35(55)48-38(32)57)19-22-7-9-23(10-8-22)26-15-24-16-27(33(59-3)21-53(24)49-26)47-37(56)28-17-45-18-34(46-28)40(42,43)44/h4-6,15-18,21-23,25,29,32H,7-14,19-20H2,1-3H3,(H,47,56)(H,48,55,57)/t22?,23?,25-,29-,32?/m1/s1. The summed E-state index contributed by atoms with van der Waals surface area (Å²) in [6.45, 7) is 1.49. The van der Waals surface area contributed by atoms with Crippen molar-refractivity contribution in [2.45, 2.75) is 75.3 Å². The number of amides is 3. The highest BCUT2D eigenvalue weighted by atomic mass is 19.4. The molecule has 19 heteroatoms. The Bertz CT molecular complexity index is 2490. The highest BCUT2D eigenvalue weighted by molar-refractivity contribution is 6.04. The Morgan fingerprint density at radius 3 is 2.56 bits per heavy atom. The van der Waals surface area contributed by atoms with Crippen molar-refractivity contribution in [1.29, 1.82) is 0 Å². The number of benzene rings is 1. The number of methoxy groups -OCH3 is 1. The Morgan fingerprint density at radius 2 is 1.85 bits per heavy atom. The number of halogens is 4. The fourth-order valence-electron chi connectivity index (χ4n) is 8.99. The van der Waals surface area contributed by atoms with E-state index in [1.807, 2.05) is 30.1 Å². The van der Waals surface area contributed by atoms with E-state index in [1.54, 1.807) is 29.9 Å². The molecule has 3 fully saturated rings. The van der Waals surface area contributed by atoms with Crippen LogP contribution in [0.25, 0.3) is 16.6 Å². The number of imidazole rings is 1. The molecule has 5 aromatic rings. The van der Waals surface area contributed by atoms with Crippen molar-refractivity contribution in [3.05, 3.63) is 76.5 Å². The van der Waals surface area contributed by atoms with Gasteiger partial charge in [0.1, 0.15) is 17.9 Å². The molecule has 6 heterocycles. The lowest BCUT2D eigenvalue weighted by atomic mass is 9.80. The normalized spacial score (nSPS) is 22.9. The number of alkyl halides is 4. The van der Waals surface area contributed by atoms with Gasteiger partial charge in [-0.3, -0.25) is 33.8 Å². The number of carbonyl (C=O) groups is 3. The molecular weight excluding hydrogens is 776 g/mol. The first-order chi connectivity index (χ1) is 28.2. The van der Waals surface area contributed by atoms with E-state index in [9.17, 15) is 32.3 Å². The minimum Gasteiger partial charge on any atom is -0.493 e. The molecule has 8 rings (SSSR count). The summed E-state index contributed by atoms with van der Waals surface area (Å²) in [6, 6.07) is 7.97. The number of aryl methyl sites for hydroxylation is 1. The van der Waals surface area contributed by atoms with Crippen LogP contribution in [0.15, 0.2) is 53.7 Å². The molecule has 0 radical (unpaired) electrons. The quantitative estimate of drug-likeness (QED) is 0.155. The van der Waals surface area contributed by atoms with Crippen LogP contribution >= 0.6 is 0 Å². The number of ether oxygens (including phenoxy) is 1. The minimum atomic E-state index is -4.75. The number of fused-ring (bicyclic) bond motifs is 2. The van der Waals surface area contributed by atoms with Crippen LogP contribution in [-0.4, -0.2) is 97.3 Å². The van der Waals surface area contributed by atoms with Crippen molar-refractivity contribution in [1.82, 2.24) is 38.9 Å². The second kappa shape index (κ2) is 15.7. The minimum absolute atomic E-state index is 0.144. The van der Waals surface area contributed by atoms with Crippen LogP contribution < -0.4 is 26.0 Å². The maximum absolute atomic E-state index is 16.1. The summed E-state index contributed by atoms with van der Waals surface area (Å²) < 4.78 is 65.6. The van der Waals surface area contributed by atoms with Crippen LogP contribution in [0.5, 0.6) is 5.75 Å². The van der Waals surface area contributed by atoms with E-state index in [-0.39, 0.29) is 54.4 Å². The molecule has 2 N–H and O–H groups in total. The average Bonchev–Trinajstić information content (AvgIpc) is 3.74. The van der Waals surface area contributed by atoms with E-state index >= 15 is 4.39 Å². The van der Waals surface area contributed by atoms with Crippen LogP contribution in [0.1, 0.15) is 78.8 Å². The first kappa shape index (κ1) is 40.0. The molecule has 2 saturated heterocycles. The van der Waals surface area contributed by atoms with E-state index in [1.165, 1.54) is 16.2 Å². The number of imide groups is 1. The summed E-state index contributed by atoms with van der Waals surface area (Å²) in [5.74, 6) is -0.921. The van der Waals surface area contributed by atoms with Crippen molar-refractivity contribution < 1.29 is 36.7 Å². The van der Waals surface area contributed by atoms with Gasteiger partial charge >= 0.3 is 11.9 Å². The van der Waals surface area contributed by atoms with Gasteiger partial charge < -0.3 is 19.9 Å². The fourth-order valence-corrected chi connectivity index (χ4v) is 8.99. The van der Waals surface area contributed by atoms with Gasteiger partial charge in [0.05, 0.1) is 65.9 Å². The third kappa shape index (κ3) is 7.74. The van der Waals surface area contributed by atoms with Crippen molar-refractivity contribution >= 4 is 45.6 Å². The predicted molar refractivity (Wildman–Crippen MR) is 208 cm³/mol. The molecular formula is C40H44F4N10O5. The molecule has 0 bridgehead atoms. The smallest absolute Gasteiger partial charge is 0.434 e. The number of para-hydroxylation sites is 1. The maximum atomic E-state index is 16.1. The van der Waals surface area contributed by atoms with Crippen molar-refractivity contribution in [2.75, 3.05) is 44.0 Å². The molecule has 1 saturated carbocycles. The number of piperidine rings is 2. The van der Waals surface area contributed by atoms with Crippen molar-refractivity contribution in [3.63, 3.8) is 0 Å². The van der Waals surface area contributed by atoms with Gasteiger partial charge in [0.15, 0.2) is 11.4 Å². The summed E-state index contributed by atoms with van der Waals surface area (Å²) in [6.07, 6.45) is 1.82. The fraction of sp³-hybridized carbons (Fsp3) is 0.475. The van der Waals surface area contributed by atoms with Crippen LogP contribution in [0.2, 0.25) is 0 Å². The summed E-state index contributed by atoms with van der Waals surface area (Å²) in [5, 5.41) is 9.71. The van der Waals surface area contributed by atoms with E-state index in [0.29, 0.717) is 41.6 Å². The molecule has 3 aliphatic rings. The SMILES string of the molecule is COc1cn2nc(C3CCC(CN(C)[C@@H]4CCN(c5cccc6c5n(C)c(=O)n6C5CCC(=O)NC5=O)C[C@H]4F)CC3)cc2cc1NC(=O)c1cncc(C(F)(F)F)n1. The molecule has 4 aromatic heterocycles. The largest absolute Gasteiger partial charge is 0.493 e. The van der Waals surface area contributed by atoms with Gasteiger partial charge in [-0.1, -0.05) is 6.07 Å². The Kier molecular flexibility index (Phi) is 10.6. The number of pyridine rings is 1. The number of rotatable bonds is 9. The molecule has 1 aromatic carbocycles. The van der Waals surface area contributed by atoms with E-state index in [2.05, 4.69) is 25.5 Å². The third-order valence-corrected chi connectivity index (χ3v) is 12.0. The monoisotopic (exact) mass is 820 g/mol. The number of hydrogen-bond donors (Lipinski definition) is 2. The van der Waals surface area contributed by atoms with E-state index < -0.39 is 41.6 Å². The van der Waals surface area contributed by atoms with Gasteiger partial charge in [0, 0.05) is 38.5 Å². The lowest BCUT2D eigenvalue weighted by Gasteiger charge is -2.42. The van der Waals surface area contributed by atoms with Gasteiger partial charge in [-0.25, -0.2) is 18.7 Å². The lowest BCUT2D eigenvalue weighted by Crippen LogP contribution is -2.52. The van der Waals surface area contributed by atoms with Gasteiger partial charge in [-0.05, 0) is 75.8 Å². The highest BCUT2D eigenvalue weighted by Crippen LogP contribution is 2.38. The van der Waals surface area contributed by atoms with Gasteiger partial charge in [-0.15, -0.1) is 0 Å². The molecule has 15 nitrogen and oxygen atoms in total. The van der Waals surface area contributed by atoms with Gasteiger partial charge in [-0.2, -0.15) is 18.3 Å². The first-order valence-electron chi connectivity index (χ1n) is 19.6. The Labute approximate surface area is 335 Å². The summed E-state index contributed by atoms with van der Waals surface area (Å²) in [5.41, 5.74) is 1.58. The molecule has 312 valence electrons. The topological polar surface area (TPSA) is 161 Å². The molecule has 0 spiro atoms. The number of carbonyl (C=O) groups excluding carboxylic acids is 3. The van der Waals surface area contributed by atoms with E-state index in [4.69, 9.17) is 9.84 Å². The Morgan fingerprint density at radius 1 is 1.07 bits per heavy atom. The molecule has 59 heavy (non-hydrogen) atoms. The molecule has 3 atom stereocenters. The van der Waals surface area contributed by atoms with Crippen LogP contribution in [0.3, 0.4) is 0 Å². The number of nitrogens with zero attached hydrogens (tertiary/aromatic N) is 8.